The minimum absolute atomic E-state index is 0.0220. The molecule has 3 unspecified atom stereocenters. The van der Waals surface area contributed by atoms with Crippen molar-refractivity contribution in [3.05, 3.63) is 0 Å². The molecule has 0 saturated heterocycles. The van der Waals surface area contributed by atoms with Gasteiger partial charge in [0.1, 0.15) is 0 Å². The largest absolute Gasteiger partial charge is 0.481 e. The summed E-state index contributed by atoms with van der Waals surface area (Å²) in [6.07, 6.45) is 8.02. The SMILES string of the molecule is CC1CCC(C(=O)NC2CCCCC2)C(C(=O)O)C1. The summed E-state index contributed by atoms with van der Waals surface area (Å²) in [5.74, 6) is -1.23. The molecule has 4 heteroatoms. The molecule has 0 aliphatic heterocycles. The van der Waals surface area contributed by atoms with Crippen LogP contribution in [0.25, 0.3) is 0 Å². The van der Waals surface area contributed by atoms with Crippen LogP contribution in [0.2, 0.25) is 0 Å². The summed E-state index contributed by atoms with van der Waals surface area (Å²) in [4.78, 5) is 23.6. The van der Waals surface area contributed by atoms with Crippen LogP contribution in [0.3, 0.4) is 0 Å². The van der Waals surface area contributed by atoms with Crippen LogP contribution in [0.5, 0.6) is 0 Å². The molecule has 0 aromatic carbocycles. The Balaban J connectivity index is 1.93. The first kappa shape index (κ1) is 14.4. The molecule has 0 bridgehead atoms. The molecule has 3 atom stereocenters. The summed E-state index contributed by atoms with van der Waals surface area (Å²) < 4.78 is 0. The second-order valence-corrected chi connectivity index (χ2v) is 6.31. The molecule has 2 N–H and O–H groups in total. The van der Waals surface area contributed by atoms with E-state index in [-0.39, 0.29) is 17.9 Å². The zero-order chi connectivity index (χ0) is 13.8. The van der Waals surface area contributed by atoms with Crippen LogP contribution in [0.15, 0.2) is 0 Å². The average molecular weight is 267 g/mol. The summed E-state index contributed by atoms with van der Waals surface area (Å²) in [6, 6.07) is 0.273. The molecule has 2 fully saturated rings. The van der Waals surface area contributed by atoms with E-state index in [1.54, 1.807) is 0 Å². The maximum absolute atomic E-state index is 12.3. The molecule has 2 aliphatic carbocycles. The van der Waals surface area contributed by atoms with E-state index in [0.717, 1.165) is 25.7 Å². The number of carboxylic acids is 1. The van der Waals surface area contributed by atoms with Crippen molar-refractivity contribution in [2.24, 2.45) is 17.8 Å². The number of nitrogens with one attached hydrogen (secondary N) is 1. The lowest BCUT2D eigenvalue weighted by molar-refractivity contribution is -0.150. The van der Waals surface area contributed by atoms with Gasteiger partial charge in [0.2, 0.25) is 5.91 Å². The van der Waals surface area contributed by atoms with Crippen molar-refractivity contribution in [2.45, 2.75) is 64.3 Å². The van der Waals surface area contributed by atoms with Gasteiger partial charge in [0.15, 0.2) is 0 Å². The van der Waals surface area contributed by atoms with E-state index in [0.29, 0.717) is 12.3 Å². The van der Waals surface area contributed by atoms with Gasteiger partial charge < -0.3 is 10.4 Å². The van der Waals surface area contributed by atoms with Gasteiger partial charge in [-0.1, -0.05) is 26.2 Å². The van der Waals surface area contributed by atoms with Crippen LogP contribution >= 0.6 is 0 Å². The number of carboxylic acid groups (broad SMARTS) is 1. The molecule has 0 aromatic rings. The van der Waals surface area contributed by atoms with Crippen molar-refractivity contribution in [1.29, 1.82) is 0 Å². The maximum Gasteiger partial charge on any atom is 0.307 e. The number of hydrogen-bond donors (Lipinski definition) is 2. The van der Waals surface area contributed by atoms with Gasteiger partial charge in [0.05, 0.1) is 11.8 Å². The van der Waals surface area contributed by atoms with E-state index in [1.807, 2.05) is 0 Å². The van der Waals surface area contributed by atoms with Crippen LogP contribution < -0.4 is 5.32 Å². The molecular formula is C15H25NO3. The number of hydrogen-bond acceptors (Lipinski definition) is 2. The van der Waals surface area contributed by atoms with Crippen LogP contribution in [0.4, 0.5) is 0 Å². The summed E-state index contributed by atoms with van der Waals surface area (Å²) in [5, 5.41) is 12.4. The predicted octanol–water partition coefficient (Wildman–Crippen LogP) is 2.57. The number of carbonyl (C=O) groups is 2. The fourth-order valence-electron chi connectivity index (χ4n) is 3.52. The molecular weight excluding hydrogens is 242 g/mol. The topological polar surface area (TPSA) is 66.4 Å². The molecule has 108 valence electrons. The number of rotatable bonds is 3. The van der Waals surface area contributed by atoms with Gasteiger partial charge in [0.25, 0.3) is 0 Å². The average Bonchev–Trinajstić information content (AvgIpc) is 2.39. The lowest BCUT2D eigenvalue weighted by Crippen LogP contribution is -2.45. The monoisotopic (exact) mass is 267 g/mol. The van der Waals surface area contributed by atoms with E-state index in [2.05, 4.69) is 12.2 Å². The van der Waals surface area contributed by atoms with Gasteiger partial charge in [-0.25, -0.2) is 0 Å². The molecule has 0 spiro atoms. The lowest BCUT2D eigenvalue weighted by Gasteiger charge is -2.33. The fourth-order valence-corrected chi connectivity index (χ4v) is 3.52. The molecule has 0 heterocycles. The van der Waals surface area contributed by atoms with E-state index < -0.39 is 11.9 Å². The number of amides is 1. The normalized spacial score (nSPS) is 32.8. The lowest BCUT2D eigenvalue weighted by atomic mass is 9.74. The Kier molecular flexibility index (Phi) is 4.83. The molecule has 2 rings (SSSR count). The fraction of sp³-hybridized carbons (Fsp3) is 0.867. The highest BCUT2D eigenvalue weighted by atomic mass is 16.4. The Bertz CT molecular complexity index is 336. The minimum atomic E-state index is -0.810. The molecule has 1 amide bonds. The molecule has 0 aromatic heterocycles. The van der Waals surface area contributed by atoms with Crippen LogP contribution in [-0.4, -0.2) is 23.0 Å². The quantitative estimate of drug-likeness (QED) is 0.826. The molecule has 2 saturated carbocycles. The van der Waals surface area contributed by atoms with Gasteiger partial charge in [-0.15, -0.1) is 0 Å². The van der Waals surface area contributed by atoms with Crippen molar-refractivity contribution in [1.82, 2.24) is 5.32 Å². The third-order valence-corrected chi connectivity index (χ3v) is 4.72. The molecule has 19 heavy (non-hydrogen) atoms. The van der Waals surface area contributed by atoms with Crippen molar-refractivity contribution < 1.29 is 14.7 Å². The number of aliphatic carboxylic acids is 1. The van der Waals surface area contributed by atoms with E-state index in [4.69, 9.17) is 0 Å². The molecule has 4 nitrogen and oxygen atoms in total. The van der Waals surface area contributed by atoms with Crippen molar-refractivity contribution in [3.8, 4) is 0 Å². The van der Waals surface area contributed by atoms with E-state index >= 15 is 0 Å². The summed E-state index contributed by atoms with van der Waals surface area (Å²) in [7, 11) is 0. The Morgan fingerprint density at radius 2 is 1.68 bits per heavy atom. The highest BCUT2D eigenvalue weighted by molar-refractivity contribution is 5.85. The second-order valence-electron chi connectivity index (χ2n) is 6.31. The number of carbonyl (C=O) groups excluding carboxylic acids is 1. The van der Waals surface area contributed by atoms with E-state index in [1.165, 1.54) is 19.3 Å². The third-order valence-electron chi connectivity index (χ3n) is 4.72. The first-order chi connectivity index (χ1) is 9.08. The van der Waals surface area contributed by atoms with Gasteiger partial charge in [0, 0.05) is 6.04 Å². The van der Waals surface area contributed by atoms with E-state index in [9.17, 15) is 14.7 Å². The van der Waals surface area contributed by atoms with Gasteiger partial charge in [-0.2, -0.15) is 0 Å². The van der Waals surface area contributed by atoms with Gasteiger partial charge in [-0.05, 0) is 38.0 Å². The minimum Gasteiger partial charge on any atom is -0.481 e. The smallest absolute Gasteiger partial charge is 0.307 e. The summed E-state index contributed by atoms with van der Waals surface area (Å²) >= 11 is 0. The maximum atomic E-state index is 12.3. The highest BCUT2D eigenvalue weighted by Crippen LogP contribution is 2.34. The Labute approximate surface area is 115 Å². The van der Waals surface area contributed by atoms with Gasteiger partial charge >= 0.3 is 5.97 Å². The Morgan fingerprint density at radius 3 is 2.32 bits per heavy atom. The third kappa shape index (κ3) is 3.71. The molecule has 2 aliphatic rings. The Hall–Kier alpha value is -1.06. The zero-order valence-electron chi connectivity index (χ0n) is 11.7. The van der Waals surface area contributed by atoms with Crippen molar-refractivity contribution >= 4 is 11.9 Å². The first-order valence-corrected chi connectivity index (χ1v) is 7.61. The van der Waals surface area contributed by atoms with Crippen LogP contribution in [0.1, 0.15) is 58.3 Å². The zero-order valence-corrected chi connectivity index (χ0v) is 11.7. The van der Waals surface area contributed by atoms with Crippen LogP contribution in [0, 0.1) is 17.8 Å². The van der Waals surface area contributed by atoms with Crippen LogP contribution in [-0.2, 0) is 9.59 Å². The second kappa shape index (κ2) is 6.40. The summed E-state index contributed by atoms with van der Waals surface area (Å²) in [6.45, 7) is 2.07. The van der Waals surface area contributed by atoms with Crippen molar-refractivity contribution in [2.75, 3.05) is 0 Å². The Morgan fingerprint density at radius 1 is 1.00 bits per heavy atom. The van der Waals surface area contributed by atoms with Crippen molar-refractivity contribution in [3.63, 3.8) is 0 Å². The first-order valence-electron chi connectivity index (χ1n) is 7.61. The summed E-state index contributed by atoms with van der Waals surface area (Å²) in [5.41, 5.74) is 0. The predicted molar refractivity (Wildman–Crippen MR) is 72.6 cm³/mol. The molecule has 0 radical (unpaired) electrons. The highest BCUT2D eigenvalue weighted by Gasteiger charge is 2.38. The van der Waals surface area contributed by atoms with Gasteiger partial charge in [-0.3, -0.25) is 9.59 Å². The standard InChI is InChI=1S/C15H25NO3/c1-10-7-8-12(13(9-10)15(18)19)14(17)16-11-5-3-2-4-6-11/h10-13H,2-9H2,1H3,(H,16,17)(H,18,19).